The largest absolute Gasteiger partial charge is 0.348 e. The Kier molecular flexibility index (Phi) is 4.22. The number of nitrogens with zero attached hydrogens (tertiary/aromatic N) is 2. The van der Waals surface area contributed by atoms with E-state index in [1.54, 1.807) is 0 Å². The van der Waals surface area contributed by atoms with Crippen LogP contribution in [0.15, 0.2) is 0 Å². The first kappa shape index (κ1) is 13.6. The fourth-order valence-electron chi connectivity index (χ4n) is 1.15. The molecular formula is C11H21N5O. The number of rotatable bonds is 4. The number of nitrogens with one attached hydrogen (secondary N) is 2. The number of carbonyl (C=O) groups is 1. The van der Waals surface area contributed by atoms with Gasteiger partial charge in [-0.3, -0.25) is 9.89 Å². The third kappa shape index (κ3) is 3.81. The van der Waals surface area contributed by atoms with Crippen molar-refractivity contribution in [1.29, 1.82) is 0 Å². The molecule has 1 aromatic rings. The van der Waals surface area contributed by atoms with E-state index in [1.807, 2.05) is 27.7 Å². The predicted molar refractivity (Wildman–Crippen MR) is 65.7 cm³/mol. The van der Waals surface area contributed by atoms with Gasteiger partial charge in [0, 0.05) is 18.0 Å². The van der Waals surface area contributed by atoms with E-state index in [-0.39, 0.29) is 23.2 Å². The first-order chi connectivity index (χ1) is 7.84. The average Bonchev–Trinajstić information content (AvgIpc) is 2.74. The topological polar surface area (TPSA) is 96.7 Å². The molecule has 1 heterocycles. The maximum absolute atomic E-state index is 11.7. The first-order valence-corrected chi connectivity index (χ1v) is 5.81. The van der Waals surface area contributed by atoms with Gasteiger partial charge < -0.3 is 11.1 Å². The van der Waals surface area contributed by atoms with Crippen molar-refractivity contribution in [2.45, 2.75) is 45.6 Å². The normalized spacial score (nSPS) is 13.5. The van der Waals surface area contributed by atoms with Gasteiger partial charge in [0.1, 0.15) is 5.82 Å². The van der Waals surface area contributed by atoms with Crippen LogP contribution >= 0.6 is 0 Å². The molecule has 6 heteroatoms. The van der Waals surface area contributed by atoms with Crippen molar-refractivity contribution in [3.05, 3.63) is 11.6 Å². The molecule has 0 fully saturated rings. The summed E-state index contributed by atoms with van der Waals surface area (Å²) in [4.78, 5) is 15.9. The van der Waals surface area contributed by atoms with Crippen molar-refractivity contribution in [2.75, 3.05) is 6.54 Å². The number of nitrogens with two attached hydrogens (primary N) is 1. The Morgan fingerprint density at radius 1 is 1.53 bits per heavy atom. The molecule has 0 spiro atoms. The highest BCUT2D eigenvalue weighted by Gasteiger charge is 2.21. The van der Waals surface area contributed by atoms with Gasteiger partial charge in [0.25, 0.3) is 5.91 Å². The van der Waals surface area contributed by atoms with Gasteiger partial charge in [-0.1, -0.05) is 27.7 Å². The molecule has 4 N–H and O–H groups in total. The molecule has 0 saturated carbocycles. The van der Waals surface area contributed by atoms with Gasteiger partial charge in [-0.05, 0) is 6.42 Å². The van der Waals surface area contributed by atoms with Gasteiger partial charge in [-0.2, -0.15) is 0 Å². The van der Waals surface area contributed by atoms with Crippen LogP contribution in [-0.4, -0.2) is 33.7 Å². The molecule has 1 atom stereocenters. The second kappa shape index (κ2) is 5.27. The molecule has 0 aliphatic carbocycles. The zero-order valence-electron chi connectivity index (χ0n) is 10.9. The van der Waals surface area contributed by atoms with Crippen LogP contribution in [-0.2, 0) is 5.41 Å². The molecular weight excluding hydrogens is 218 g/mol. The SMILES string of the molecule is CCC(N)CNC(=O)c1n[nH]c(C(C)(C)C)n1. The number of hydrogen-bond acceptors (Lipinski definition) is 4. The average molecular weight is 239 g/mol. The lowest BCUT2D eigenvalue weighted by atomic mass is 9.96. The lowest BCUT2D eigenvalue weighted by molar-refractivity contribution is 0.0941. The molecule has 0 saturated heterocycles. The third-order valence-electron chi connectivity index (χ3n) is 2.45. The van der Waals surface area contributed by atoms with Crippen LogP contribution < -0.4 is 11.1 Å². The molecule has 17 heavy (non-hydrogen) atoms. The van der Waals surface area contributed by atoms with Gasteiger partial charge >= 0.3 is 0 Å². The van der Waals surface area contributed by atoms with Gasteiger partial charge in [-0.25, -0.2) is 4.98 Å². The highest BCUT2D eigenvalue weighted by atomic mass is 16.2. The van der Waals surface area contributed by atoms with E-state index in [1.165, 1.54) is 0 Å². The molecule has 0 aliphatic heterocycles. The zero-order valence-corrected chi connectivity index (χ0v) is 10.9. The Morgan fingerprint density at radius 3 is 2.65 bits per heavy atom. The van der Waals surface area contributed by atoms with E-state index in [0.717, 1.165) is 6.42 Å². The maximum atomic E-state index is 11.7. The van der Waals surface area contributed by atoms with Crippen molar-refractivity contribution in [3.8, 4) is 0 Å². The maximum Gasteiger partial charge on any atom is 0.291 e. The Hall–Kier alpha value is -1.43. The lowest BCUT2D eigenvalue weighted by Crippen LogP contribution is -2.37. The fourth-order valence-corrected chi connectivity index (χ4v) is 1.15. The third-order valence-corrected chi connectivity index (χ3v) is 2.45. The summed E-state index contributed by atoms with van der Waals surface area (Å²) >= 11 is 0. The molecule has 0 aromatic carbocycles. The van der Waals surface area contributed by atoms with Crippen molar-refractivity contribution in [3.63, 3.8) is 0 Å². The summed E-state index contributed by atoms with van der Waals surface area (Å²) in [6.45, 7) is 8.42. The molecule has 1 amide bonds. The number of amides is 1. The quantitative estimate of drug-likeness (QED) is 0.715. The van der Waals surface area contributed by atoms with E-state index in [4.69, 9.17) is 5.73 Å². The highest BCUT2D eigenvalue weighted by molar-refractivity contribution is 5.90. The molecule has 1 rings (SSSR count). The van der Waals surface area contributed by atoms with Crippen molar-refractivity contribution < 1.29 is 4.79 Å². The number of aromatic amines is 1. The minimum absolute atomic E-state index is 0.0278. The lowest BCUT2D eigenvalue weighted by Gasteiger charge is -2.12. The Bertz CT molecular complexity index is 379. The number of carbonyl (C=O) groups excluding carboxylic acids is 1. The minimum Gasteiger partial charge on any atom is -0.348 e. The van der Waals surface area contributed by atoms with Crippen molar-refractivity contribution >= 4 is 5.91 Å². The van der Waals surface area contributed by atoms with E-state index < -0.39 is 0 Å². The van der Waals surface area contributed by atoms with Gasteiger partial charge in [-0.15, -0.1) is 5.10 Å². The summed E-state index contributed by atoms with van der Waals surface area (Å²) in [5, 5.41) is 9.38. The number of hydrogen-bond donors (Lipinski definition) is 3. The van der Waals surface area contributed by atoms with E-state index in [2.05, 4.69) is 20.5 Å². The van der Waals surface area contributed by atoms with Crippen LogP contribution in [0, 0.1) is 0 Å². The van der Waals surface area contributed by atoms with Crippen LogP contribution in [0.25, 0.3) is 0 Å². The van der Waals surface area contributed by atoms with E-state index in [0.29, 0.717) is 12.4 Å². The number of H-pyrrole nitrogens is 1. The second-order valence-electron chi connectivity index (χ2n) is 5.14. The summed E-state index contributed by atoms with van der Waals surface area (Å²) in [7, 11) is 0. The van der Waals surface area contributed by atoms with E-state index >= 15 is 0 Å². The first-order valence-electron chi connectivity index (χ1n) is 5.81. The van der Waals surface area contributed by atoms with Gasteiger partial charge in [0.2, 0.25) is 5.82 Å². The molecule has 0 bridgehead atoms. The zero-order chi connectivity index (χ0) is 13.1. The van der Waals surface area contributed by atoms with Crippen LogP contribution in [0.2, 0.25) is 0 Å². The standard InChI is InChI=1S/C11H21N5O/c1-5-7(12)6-13-9(17)8-14-10(16-15-8)11(2,3)4/h7H,5-6,12H2,1-4H3,(H,13,17)(H,14,15,16). The van der Waals surface area contributed by atoms with Crippen LogP contribution in [0.4, 0.5) is 0 Å². The van der Waals surface area contributed by atoms with Gasteiger partial charge in [0.15, 0.2) is 0 Å². The molecule has 96 valence electrons. The van der Waals surface area contributed by atoms with Crippen LogP contribution in [0.3, 0.4) is 0 Å². The smallest absolute Gasteiger partial charge is 0.291 e. The van der Waals surface area contributed by atoms with E-state index in [9.17, 15) is 4.79 Å². The van der Waals surface area contributed by atoms with Crippen molar-refractivity contribution in [1.82, 2.24) is 20.5 Å². The van der Waals surface area contributed by atoms with Crippen molar-refractivity contribution in [2.24, 2.45) is 5.73 Å². The number of aromatic nitrogens is 3. The Morgan fingerprint density at radius 2 is 2.18 bits per heavy atom. The molecule has 1 aromatic heterocycles. The second-order valence-corrected chi connectivity index (χ2v) is 5.14. The Balaban J connectivity index is 2.61. The summed E-state index contributed by atoms with van der Waals surface area (Å²) < 4.78 is 0. The van der Waals surface area contributed by atoms with Crippen LogP contribution in [0.1, 0.15) is 50.6 Å². The molecule has 0 radical (unpaired) electrons. The van der Waals surface area contributed by atoms with Gasteiger partial charge in [0.05, 0.1) is 0 Å². The molecule has 1 unspecified atom stereocenters. The predicted octanol–water partition coefficient (Wildman–Crippen LogP) is 0.569. The molecule has 6 nitrogen and oxygen atoms in total. The van der Waals surface area contributed by atoms with Crippen LogP contribution in [0.5, 0.6) is 0 Å². The summed E-state index contributed by atoms with van der Waals surface area (Å²) in [5.74, 6) is 0.571. The summed E-state index contributed by atoms with van der Waals surface area (Å²) in [6, 6.07) is -0.0278. The monoisotopic (exact) mass is 239 g/mol. The Labute approximate surface area is 101 Å². The summed E-state index contributed by atoms with van der Waals surface area (Å²) in [6.07, 6.45) is 0.821. The highest BCUT2D eigenvalue weighted by Crippen LogP contribution is 2.17. The molecule has 0 aliphatic rings. The minimum atomic E-state index is -0.291. The summed E-state index contributed by atoms with van der Waals surface area (Å²) in [5.41, 5.74) is 5.56. The fraction of sp³-hybridized carbons (Fsp3) is 0.727.